The highest BCUT2D eigenvalue weighted by Gasteiger charge is 2.64. The van der Waals surface area contributed by atoms with Crippen LogP contribution in [0.1, 0.15) is 17.5 Å². The van der Waals surface area contributed by atoms with E-state index < -0.39 is 58.0 Å². The van der Waals surface area contributed by atoms with Crippen molar-refractivity contribution in [2.45, 2.75) is 24.5 Å². The minimum Gasteiger partial charge on any atom is -0.508 e. The molecular formula is C29H30N4O9. The quantitative estimate of drug-likeness (QED) is 0.261. The van der Waals surface area contributed by atoms with Crippen molar-refractivity contribution in [3.63, 3.8) is 0 Å². The number of rotatable bonds is 6. The molecule has 7 N–H and O–H groups in total. The minimum atomic E-state index is -2.70. The van der Waals surface area contributed by atoms with Crippen molar-refractivity contribution in [2.75, 3.05) is 33.1 Å². The molecule has 4 atom stereocenters. The highest BCUT2D eigenvalue weighted by molar-refractivity contribution is 6.24. The molecule has 0 spiro atoms. The Morgan fingerprint density at radius 2 is 1.88 bits per heavy atom. The van der Waals surface area contributed by atoms with E-state index in [1.165, 1.54) is 38.4 Å². The molecule has 3 aliphatic carbocycles. The van der Waals surface area contributed by atoms with Gasteiger partial charge in [-0.15, -0.1) is 0 Å². The third-order valence-corrected chi connectivity index (χ3v) is 8.22. The van der Waals surface area contributed by atoms with Crippen molar-refractivity contribution in [1.29, 1.82) is 0 Å². The second-order valence-corrected chi connectivity index (χ2v) is 10.9. The van der Waals surface area contributed by atoms with Crippen LogP contribution in [0.5, 0.6) is 5.75 Å². The van der Waals surface area contributed by atoms with Crippen molar-refractivity contribution in [2.24, 2.45) is 17.6 Å². The summed E-state index contributed by atoms with van der Waals surface area (Å²) in [5.74, 6) is -7.21. The molecule has 13 nitrogen and oxygen atoms in total. The van der Waals surface area contributed by atoms with Crippen LogP contribution < -0.4 is 11.1 Å². The zero-order chi connectivity index (χ0) is 30.7. The predicted octanol–water partition coefficient (Wildman–Crippen LogP) is 0.611. The number of nitrogens with zero attached hydrogens (tertiary/aromatic N) is 2. The number of aromatic hydroxyl groups is 1. The van der Waals surface area contributed by atoms with Gasteiger partial charge in [0, 0.05) is 30.4 Å². The van der Waals surface area contributed by atoms with Gasteiger partial charge in [0.1, 0.15) is 35.3 Å². The second-order valence-electron chi connectivity index (χ2n) is 10.9. The molecule has 220 valence electrons. The number of benzene rings is 1. The predicted molar refractivity (Wildman–Crippen MR) is 148 cm³/mol. The molecule has 13 heteroatoms. The Labute approximate surface area is 239 Å². The Kier molecular flexibility index (Phi) is 7.13. The topological polar surface area (TPSA) is 213 Å². The number of likely N-dealkylation sites (N-methyl/N-ethyl adjacent to an activating group) is 1. The number of carbonyl (C=O) groups excluding carboxylic acids is 4. The fraction of sp³-hybridized carbons (Fsp3) is 0.345. The fourth-order valence-electron chi connectivity index (χ4n) is 6.45. The highest BCUT2D eigenvalue weighted by Crippen LogP contribution is 2.53. The monoisotopic (exact) mass is 578 g/mol. The summed E-state index contributed by atoms with van der Waals surface area (Å²) in [4.78, 5) is 56.8. The van der Waals surface area contributed by atoms with Crippen LogP contribution in [-0.4, -0.2) is 93.1 Å². The number of aromatic nitrogens is 1. The molecule has 3 aliphatic rings. The maximum atomic E-state index is 13.9. The number of aliphatic hydroxyl groups is 3. The summed E-state index contributed by atoms with van der Waals surface area (Å²) in [6.07, 6.45) is 1.61. The van der Waals surface area contributed by atoms with Gasteiger partial charge in [-0.2, -0.15) is 0 Å². The maximum Gasteiger partial charge on any atom is 0.255 e. The van der Waals surface area contributed by atoms with E-state index in [2.05, 4.69) is 10.3 Å². The number of nitrogens with one attached hydrogen (secondary N) is 1. The summed E-state index contributed by atoms with van der Waals surface area (Å²) < 4.78 is 4.80. The van der Waals surface area contributed by atoms with Crippen LogP contribution in [0, 0.1) is 11.8 Å². The van der Waals surface area contributed by atoms with Crippen LogP contribution in [0.3, 0.4) is 0 Å². The number of phenolic OH excluding ortho intramolecular Hbond substituents is 1. The molecule has 1 heterocycles. The number of anilines is 1. The number of pyridine rings is 1. The number of phenols is 1. The van der Waals surface area contributed by atoms with E-state index in [1.54, 1.807) is 18.2 Å². The SMILES string of the molecule is COCC(=O)Nc1ccc(-c2ccc(O)c3c2C[C@H]2C[C@H]4[C@H](N(C)C)C(=O)C(C(N)=O)=C(O)[C@@]4(O)C(=O)C2=C3O)cn1. The molecule has 0 saturated heterocycles. The van der Waals surface area contributed by atoms with Gasteiger partial charge >= 0.3 is 0 Å². The molecule has 42 heavy (non-hydrogen) atoms. The zero-order valence-corrected chi connectivity index (χ0v) is 23.0. The number of primary amides is 1. The number of methoxy groups -OCH3 is 1. The van der Waals surface area contributed by atoms with Crippen molar-refractivity contribution in [3.05, 3.63) is 58.5 Å². The summed E-state index contributed by atoms with van der Waals surface area (Å²) in [6.45, 7) is -0.142. The molecule has 2 aromatic rings. The molecule has 1 fully saturated rings. The molecule has 0 unspecified atom stereocenters. The Bertz CT molecular complexity index is 1590. The van der Waals surface area contributed by atoms with E-state index in [1.807, 2.05) is 0 Å². The van der Waals surface area contributed by atoms with Crippen molar-refractivity contribution in [1.82, 2.24) is 9.88 Å². The Hall–Kier alpha value is -4.59. The van der Waals surface area contributed by atoms with Gasteiger partial charge in [0.15, 0.2) is 11.4 Å². The van der Waals surface area contributed by atoms with E-state index in [9.17, 15) is 39.6 Å². The molecule has 1 saturated carbocycles. The number of ketones is 2. The van der Waals surface area contributed by atoms with Gasteiger partial charge in [0.25, 0.3) is 11.8 Å². The molecule has 1 aromatic heterocycles. The smallest absolute Gasteiger partial charge is 0.255 e. The van der Waals surface area contributed by atoms with Crippen LogP contribution in [0.15, 0.2) is 47.4 Å². The number of nitrogens with two attached hydrogens (primary N) is 1. The maximum absolute atomic E-state index is 13.9. The lowest BCUT2D eigenvalue weighted by Gasteiger charge is -2.50. The van der Waals surface area contributed by atoms with Crippen LogP contribution >= 0.6 is 0 Å². The Morgan fingerprint density at radius 3 is 2.48 bits per heavy atom. The van der Waals surface area contributed by atoms with E-state index in [4.69, 9.17) is 10.5 Å². The summed E-state index contributed by atoms with van der Waals surface area (Å²) in [7, 11) is 4.47. The standard InChI is InChI=1S/C29H30N4O9/c1-33(2)23-16-9-13-8-15-14(12-4-7-18(31-10-12)32-19(35)11-42-3)5-6-17(34)21(15)24(36)20(13)26(38)29(16,41)27(39)22(25(23)37)28(30)40/h4-7,10,13,16,23,34,36,39,41H,8-9,11H2,1-3H3,(H2,30,40)(H,31,32,35)/t13-,16-,23-,29-/m0/s1. The van der Waals surface area contributed by atoms with Gasteiger partial charge in [-0.3, -0.25) is 24.1 Å². The first kappa shape index (κ1) is 28.9. The van der Waals surface area contributed by atoms with Gasteiger partial charge in [-0.25, -0.2) is 4.98 Å². The lowest BCUT2D eigenvalue weighted by atomic mass is 9.57. The molecular weight excluding hydrogens is 548 g/mol. The number of hydrogen-bond donors (Lipinski definition) is 6. The number of ether oxygens (including phenoxy) is 1. The average Bonchev–Trinajstić information content (AvgIpc) is 2.91. The fourth-order valence-corrected chi connectivity index (χ4v) is 6.45. The number of Topliss-reactive ketones (excluding diaryl/α,β-unsaturated/α-hetero) is 2. The lowest BCUT2D eigenvalue weighted by Crippen LogP contribution is -2.65. The Balaban J connectivity index is 1.63. The van der Waals surface area contributed by atoms with Crippen molar-refractivity contribution < 1.29 is 44.3 Å². The van der Waals surface area contributed by atoms with Crippen LogP contribution in [0.25, 0.3) is 16.9 Å². The third kappa shape index (κ3) is 4.24. The molecule has 0 radical (unpaired) electrons. The summed E-state index contributed by atoms with van der Waals surface area (Å²) >= 11 is 0. The van der Waals surface area contributed by atoms with Gasteiger partial charge in [-0.1, -0.05) is 6.07 Å². The minimum absolute atomic E-state index is 0.0242. The number of hydrogen-bond acceptors (Lipinski definition) is 11. The third-order valence-electron chi connectivity index (χ3n) is 8.22. The molecule has 5 rings (SSSR count). The molecule has 0 aliphatic heterocycles. The van der Waals surface area contributed by atoms with Gasteiger partial charge < -0.3 is 36.2 Å². The molecule has 1 aromatic carbocycles. The second kappa shape index (κ2) is 10.4. The first-order chi connectivity index (χ1) is 19.8. The first-order valence-corrected chi connectivity index (χ1v) is 13.1. The van der Waals surface area contributed by atoms with E-state index in [0.29, 0.717) is 16.7 Å². The molecule has 2 amide bonds. The number of aliphatic hydroxyl groups excluding tert-OH is 2. The average molecular weight is 579 g/mol. The summed E-state index contributed by atoms with van der Waals surface area (Å²) in [5.41, 5.74) is 3.21. The number of fused-ring (bicyclic) bond motifs is 3. The van der Waals surface area contributed by atoms with Crippen LogP contribution in [0.4, 0.5) is 5.82 Å². The van der Waals surface area contributed by atoms with Crippen molar-refractivity contribution in [3.8, 4) is 16.9 Å². The van der Waals surface area contributed by atoms with Gasteiger partial charge in [0.05, 0.1) is 11.6 Å². The number of carbonyl (C=O) groups is 4. The van der Waals surface area contributed by atoms with Crippen LogP contribution in [-0.2, 0) is 30.3 Å². The highest BCUT2D eigenvalue weighted by atomic mass is 16.5. The lowest BCUT2D eigenvalue weighted by molar-refractivity contribution is -0.153. The number of amides is 2. The normalized spacial score (nSPS) is 25.2. The summed E-state index contributed by atoms with van der Waals surface area (Å²) in [6, 6.07) is 5.08. The van der Waals surface area contributed by atoms with E-state index in [-0.39, 0.29) is 48.1 Å². The van der Waals surface area contributed by atoms with Crippen molar-refractivity contribution >= 4 is 35.0 Å². The largest absolute Gasteiger partial charge is 0.508 e. The Morgan fingerprint density at radius 1 is 1.17 bits per heavy atom. The van der Waals surface area contributed by atoms with Gasteiger partial charge in [0.2, 0.25) is 5.78 Å². The zero-order valence-electron chi connectivity index (χ0n) is 23.0. The first-order valence-electron chi connectivity index (χ1n) is 13.1. The van der Waals surface area contributed by atoms with Gasteiger partial charge in [-0.05, 0) is 62.2 Å². The molecule has 0 bridgehead atoms. The van der Waals surface area contributed by atoms with E-state index in [0.717, 1.165) is 0 Å². The summed E-state index contributed by atoms with van der Waals surface area (Å²) in [5, 5.41) is 47.4. The van der Waals surface area contributed by atoms with Crippen LogP contribution in [0.2, 0.25) is 0 Å². The van der Waals surface area contributed by atoms with E-state index >= 15 is 0 Å².